The number of aliphatic hydroxyl groups is 1. The van der Waals surface area contributed by atoms with Crippen molar-refractivity contribution in [2.45, 2.75) is 19.6 Å². The second-order valence-electron chi connectivity index (χ2n) is 6.98. The monoisotopic (exact) mass is 358 g/mol. The van der Waals surface area contributed by atoms with Crippen LogP contribution in [0, 0.1) is 12.7 Å². The van der Waals surface area contributed by atoms with Crippen LogP contribution < -0.4 is 4.74 Å². The fourth-order valence-electron chi connectivity index (χ4n) is 3.27. The first-order chi connectivity index (χ1) is 12.6. The highest BCUT2D eigenvalue weighted by Gasteiger charge is 2.19. The maximum Gasteiger partial charge on any atom is 0.123 e. The lowest BCUT2D eigenvalue weighted by Gasteiger charge is -2.35. The van der Waals surface area contributed by atoms with Gasteiger partial charge in [0.1, 0.15) is 24.3 Å². The number of halogens is 1. The van der Waals surface area contributed by atoms with E-state index in [1.807, 2.05) is 0 Å². The van der Waals surface area contributed by atoms with Crippen molar-refractivity contribution in [1.82, 2.24) is 9.80 Å². The summed E-state index contributed by atoms with van der Waals surface area (Å²) in [4.78, 5) is 4.72. The quantitative estimate of drug-likeness (QED) is 0.826. The van der Waals surface area contributed by atoms with Crippen molar-refractivity contribution in [3.05, 3.63) is 65.5 Å². The van der Waals surface area contributed by atoms with E-state index in [0.29, 0.717) is 12.3 Å². The predicted octanol–water partition coefficient (Wildman–Crippen LogP) is 2.69. The average Bonchev–Trinajstić information content (AvgIpc) is 2.63. The molecular formula is C21H27FN2O2. The summed E-state index contributed by atoms with van der Waals surface area (Å²) >= 11 is 0. The van der Waals surface area contributed by atoms with Crippen molar-refractivity contribution in [1.29, 1.82) is 0 Å². The van der Waals surface area contributed by atoms with Crippen LogP contribution in [0.5, 0.6) is 5.75 Å². The van der Waals surface area contributed by atoms with E-state index in [9.17, 15) is 9.50 Å². The summed E-state index contributed by atoms with van der Waals surface area (Å²) < 4.78 is 18.4. The first kappa shape index (κ1) is 18.8. The molecule has 1 aliphatic heterocycles. The van der Waals surface area contributed by atoms with E-state index >= 15 is 0 Å². The molecule has 0 aliphatic carbocycles. The van der Waals surface area contributed by atoms with Crippen molar-refractivity contribution in [3.63, 3.8) is 0 Å². The van der Waals surface area contributed by atoms with Crippen LogP contribution in [-0.2, 0) is 6.54 Å². The summed E-state index contributed by atoms with van der Waals surface area (Å²) in [5, 5.41) is 10.2. The SMILES string of the molecule is Cc1cccc(CN2CCN(C[C@H](O)COc3ccc(F)cc3)CC2)c1. The van der Waals surface area contributed by atoms with Gasteiger partial charge in [-0.3, -0.25) is 9.80 Å². The molecule has 0 radical (unpaired) electrons. The molecule has 0 unspecified atom stereocenters. The molecule has 1 heterocycles. The Morgan fingerprint density at radius 1 is 1.04 bits per heavy atom. The minimum atomic E-state index is -0.552. The Kier molecular flexibility index (Phi) is 6.61. The number of nitrogens with zero attached hydrogens (tertiary/aromatic N) is 2. The van der Waals surface area contributed by atoms with Gasteiger partial charge in [0, 0.05) is 39.3 Å². The number of ether oxygens (including phenoxy) is 1. The third-order valence-electron chi connectivity index (χ3n) is 4.68. The Morgan fingerprint density at radius 3 is 2.42 bits per heavy atom. The topological polar surface area (TPSA) is 35.9 Å². The normalized spacial score (nSPS) is 17.2. The number of aryl methyl sites for hydroxylation is 1. The molecule has 1 N–H and O–H groups in total. The fraction of sp³-hybridized carbons (Fsp3) is 0.429. The molecule has 2 aromatic carbocycles. The molecule has 0 bridgehead atoms. The van der Waals surface area contributed by atoms with Gasteiger partial charge < -0.3 is 9.84 Å². The number of rotatable bonds is 7. The third kappa shape index (κ3) is 5.80. The van der Waals surface area contributed by atoms with Gasteiger partial charge in [-0.1, -0.05) is 29.8 Å². The number of benzene rings is 2. The lowest BCUT2D eigenvalue weighted by atomic mass is 10.1. The summed E-state index contributed by atoms with van der Waals surface area (Å²) in [6, 6.07) is 14.5. The van der Waals surface area contributed by atoms with Gasteiger partial charge in [0.25, 0.3) is 0 Å². The van der Waals surface area contributed by atoms with Gasteiger partial charge >= 0.3 is 0 Å². The van der Waals surface area contributed by atoms with Crippen LogP contribution in [-0.4, -0.2) is 60.3 Å². The van der Waals surface area contributed by atoms with Crippen LogP contribution in [0.2, 0.25) is 0 Å². The average molecular weight is 358 g/mol. The van der Waals surface area contributed by atoms with E-state index in [2.05, 4.69) is 41.0 Å². The summed E-state index contributed by atoms with van der Waals surface area (Å²) in [6.07, 6.45) is -0.552. The zero-order valence-electron chi connectivity index (χ0n) is 15.3. The summed E-state index contributed by atoms with van der Waals surface area (Å²) in [7, 11) is 0. The molecule has 5 heteroatoms. The van der Waals surface area contributed by atoms with Crippen molar-refractivity contribution in [2.75, 3.05) is 39.3 Å². The molecule has 1 saturated heterocycles. The van der Waals surface area contributed by atoms with Crippen LogP contribution in [0.1, 0.15) is 11.1 Å². The molecule has 26 heavy (non-hydrogen) atoms. The number of aliphatic hydroxyl groups excluding tert-OH is 1. The molecule has 0 spiro atoms. The number of hydrogen-bond acceptors (Lipinski definition) is 4. The summed E-state index contributed by atoms with van der Waals surface area (Å²) in [6.45, 7) is 7.80. The molecule has 0 saturated carbocycles. The van der Waals surface area contributed by atoms with Gasteiger partial charge in [-0.15, -0.1) is 0 Å². The Hall–Kier alpha value is -1.95. The van der Waals surface area contributed by atoms with Crippen LogP contribution in [0.25, 0.3) is 0 Å². The number of piperazine rings is 1. The first-order valence-corrected chi connectivity index (χ1v) is 9.15. The Bertz CT molecular complexity index is 685. The Labute approximate surface area is 154 Å². The van der Waals surface area contributed by atoms with Crippen LogP contribution in [0.3, 0.4) is 0 Å². The molecule has 2 aromatic rings. The molecule has 1 fully saturated rings. The van der Waals surface area contributed by atoms with E-state index in [-0.39, 0.29) is 12.4 Å². The fourth-order valence-corrected chi connectivity index (χ4v) is 3.27. The highest BCUT2D eigenvalue weighted by Crippen LogP contribution is 2.13. The minimum absolute atomic E-state index is 0.217. The molecule has 4 nitrogen and oxygen atoms in total. The molecular weight excluding hydrogens is 331 g/mol. The minimum Gasteiger partial charge on any atom is -0.491 e. The second-order valence-corrected chi connectivity index (χ2v) is 6.98. The van der Waals surface area contributed by atoms with E-state index in [1.165, 1.54) is 23.3 Å². The van der Waals surface area contributed by atoms with Gasteiger partial charge in [-0.05, 0) is 36.8 Å². The van der Waals surface area contributed by atoms with Gasteiger partial charge in [0.15, 0.2) is 0 Å². The van der Waals surface area contributed by atoms with Crippen molar-refractivity contribution >= 4 is 0 Å². The summed E-state index contributed by atoms with van der Waals surface area (Å²) in [5.74, 6) is 0.287. The van der Waals surface area contributed by atoms with E-state index in [1.54, 1.807) is 12.1 Å². The number of hydrogen-bond donors (Lipinski definition) is 1. The molecule has 0 amide bonds. The van der Waals surface area contributed by atoms with Gasteiger partial charge in [-0.2, -0.15) is 0 Å². The second kappa shape index (κ2) is 9.12. The van der Waals surface area contributed by atoms with Gasteiger partial charge in [0.2, 0.25) is 0 Å². The lowest BCUT2D eigenvalue weighted by molar-refractivity contribution is 0.0446. The molecule has 140 valence electrons. The molecule has 3 rings (SSSR count). The van der Waals surface area contributed by atoms with Crippen LogP contribution >= 0.6 is 0 Å². The Balaban J connectivity index is 1.37. The standard InChI is InChI=1S/C21H27FN2O2/c1-17-3-2-4-18(13-17)14-23-9-11-24(12-10-23)15-20(25)16-26-21-7-5-19(22)6-8-21/h2-8,13,20,25H,9-12,14-16H2,1H3/t20-/m0/s1. The highest BCUT2D eigenvalue weighted by atomic mass is 19.1. The smallest absolute Gasteiger partial charge is 0.123 e. The highest BCUT2D eigenvalue weighted by molar-refractivity contribution is 5.22. The van der Waals surface area contributed by atoms with Crippen molar-refractivity contribution in [3.8, 4) is 5.75 Å². The van der Waals surface area contributed by atoms with E-state index in [0.717, 1.165) is 32.7 Å². The molecule has 1 aliphatic rings. The van der Waals surface area contributed by atoms with E-state index in [4.69, 9.17) is 4.74 Å². The van der Waals surface area contributed by atoms with Crippen molar-refractivity contribution in [2.24, 2.45) is 0 Å². The zero-order chi connectivity index (χ0) is 18.4. The molecule has 0 aromatic heterocycles. The van der Waals surface area contributed by atoms with Crippen molar-refractivity contribution < 1.29 is 14.2 Å². The predicted molar refractivity (Wildman–Crippen MR) is 101 cm³/mol. The largest absolute Gasteiger partial charge is 0.491 e. The lowest BCUT2D eigenvalue weighted by Crippen LogP contribution is -2.48. The number of β-amino-alcohol motifs (C(OH)–C–C–N with tert-alkyl or cyclic N) is 1. The molecule has 1 atom stereocenters. The van der Waals surface area contributed by atoms with E-state index < -0.39 is 6.10 Å². The first-order valence-electron chi connectivity index (χ1n) is 9.15. The maximum absolute atomic E-state index is 12.9. The summed E-state index contributed by atoms with van der Waals surface area (Å²) in [5.41, 5.74) is 2.65. The maximum atomic E-state index is 12.9. The van der Waals surface area contributed by atoms with Gasteiger partial charge in [0.05, 0.1) is 0 Å². The van der Waals surface area contributed by atoms with Gasteiger partial charge in [-0.25, -0.2) is 4.39 Å². The van der Waals surface area contributed by atoms with Crippen LogP contribution in [0.15, 0.2) is 48.5 Å². The third-order valence-corrected chi connectivity index (χ3v) is 4.68. The Morgan fingerprint density at radius 2 is 1.73 bits per heavy atom. The van der Waals surface area contributed by atoms with Crippen LogP contribution in [0.4, 0.5) is 4.39 Å². The zero-order valence-corrected chi connectivity index (χ0v) is 15.3.